The van der Waals surface area contributed by atoms with E-state index in [1.54, 1.807) is 24.3 Å². The second kappa shape index (κ2) is 8.88. The number of carbonyl (C=O) groups is 2. The molecule has 2 aliphatic rings. The summed E-state index contributed by atoms with van der Waals surface area (Å²) in [7, 11) is 0. The van der Waals surface area contributed by atoms with Gasteiger partial charge < -0.3 is 4.74 Å². The summed E-state index contributed by atoms with van der Waals surface area (Å²) in [6, 6.07) is 11.1. The first-order valence-corrected chi connectivity index (χ1v) is 11.2. The number of anilines is 1. The molecule has 0 saturated carbocycles. The molecule has 2 aromatic rings. The van der Waals surface area contributed by atoms with Gasteiger partial charge in [-0.1, -0.05) is 18.2 Å². The molecule has 1 aliphatic heterocycles. The number of carbonyl (C=O) groups excluding carboxylic acids is 2. The van der Waals surface area contributed by atoms with Gasteiger partial charge in [-0.05, 0) is 68.5 Å². The van der Waals surface area contributed by atoms with Gasteiger partial charge in [0.1, 0.15) is 16.8 Å². The van der Waals surface area contributed by atoms with Crippen molar-refractivity contribution in [3.05, 3.63) is 47.2 Å². The van der Waals surface area contributed by atoms with Crippen molar-refractivity contribution in [3.8, 4) is 11.8 Å². The zero-order valence-electron chi connectivity index (χ0n) is 16.9. The second-order valence-corrected chi connectivity index (χ2v) is 8.62. The van der Waals surface area contributed by atoms with Crippen molar-refractivity contribution in [3.63, 3.8) is 0 Å². The molecule has 6 nitrogen and oxygen atoms in total. The van der Waals surface area contributed by atoms with E-state index < -0.39 is 5.25 Å². The molecule has 1 aliphatic carbocycles. The van der Waals surface area contributed by atoms with Crippen molar-refractivity contribution in [1.29, 1.82) is 5.26 Å². The molecule has 0 spiro atoms. The van der Waals surface area contributed by atoms with Crippen LogP contribution >= 0.6 is 11.8 Å². The van der Waals surface area contributed by atoms with Crippen LogP contribution in [0.25, 0.3) is 0 Å². The van der Waals surface area contributed by atoms with Crippen molar-refractivity contribution < 1.29 is 14.3 Å². The summed E-state index contributed by atoms with van der Waals surface area (Å²) in [5.41, 5.74) is 3.18. The maximum absolute atomic E-state index is 13.0. The Morgan fingerprint density at radius 2 is 1.97 bits per heavy atom. The number of fused-ring (bicyclic) bond motifs is 1. The Labute approximate surface area is 180 Å². The standard InChI is InChI=1S/C23H23N3O3S/c1-2-29-18-10-8-17(9-11-18)26-21(27)13-20(23(26)28)30-22-16(14-24)12-15-6-4-3-5-7-19(15)25-22/h8-12,20H,2-7,13H2,1H3. The molecule has 0 radical (unpaired) electrons. The Morgan fingerprint density at radius 1 is 1.20 bits per heavy atom. The molecule has 1 aromatic heterocycles. The van der Waals surface area contributed by atoms with Crippen LogP contribution in [-0.2, 0) is 22.4 Å². The highest BCUT2D eigenvalue weighted by Gasteiger charge is 2.40. The lowest BCUT2D eigenvalue weighted by Gasteiger charge is -2.16. The number of hydrogen-bond acceptors (Lipinski definition) is 6. The summed E-state index contributed by atoms with van der Waals surface area (Å²) < 4.78 is 5.43. The summed E-state index contributed by atoms with van der Waals surface area (Å²) in [4.78, 5) is 31.6. The molecule has 1 aromatic carbocycles. The third-order valence-corrected chi connectivity index (χ3v) is 6.59. The number of imide groups is 1. The molecule has 1 fully saturated rings. The van der Waals surface area contributed by atoms with Crippen molar-refractivity contribution in [1.82, 2.24) is 4.98 Å². The molecule has 0 N–H and O–H groups in total. The topological polar surface area (TPSA) is 83.3 Å². The molecule has 7 heteroatoms. The van der Waals surface area contributed by atoms with E-state index in [-0.39, 0.29) is 18.2 Å². The van der Waals surface area contributed by atoms with Crippen molar-refractivity contribution in [2.24, 2.45) is 0 Å². The minimum absolute atomic E-state index is 0.0976. The highest BCUT2D eigenvalue weighted by molar-refractivity contribution is 8.00. The zero-order valence-corrected chi connectivity index (χ0v) is 17.7. The molecule has 1 saturated heterocycles. The van der Waals surface area contributed by atoms with Gasteiger partial charge in [0.25, 0.3) is 0 Å². The lowest BCUT2D eigenvalue weighted by atomic mass is 10.1. The molecule has 4 rings (SSSR count). The Morgan fingerprint density at radius 3 is 2.70 bits per heavy atom. The summed E-state index contributed by atoms with van der Waals surface area (Å²) >= 11 is 1.23. The summed E-state index contributed by atoms with van der Waals surface area (Å²) in [5, 5.41) is 9.58. The van der Waals surface area contributed by atoms with Crippen molar-refractivity contribution in [2.45, 2.75) is 55.7 Å². The number of nitriles is 1. The van der Waals surface area contributed by atoms with Gasteiger partial charge in [0, 0.05) is 12.1 Å². The minimum atomic E-state index is -0.576. The van der Waals surface area contributed by atoms with Gasteiger partial charge in [0.2, 0.25) is 11.8 Å². The van der Waals surface area contributed by atoms with Crippen LogP contribution in [0.15, 0.2) is 35.4 Å². The smallest absolute Gasteiger partial charge is 0.247 e. The van der Waals surface area contributed by atoms with Crippen LogP contribution in [0.3, 0.4) is 0 Å². The molecule has 1 unspecified atom stereocenters. The third-order valence-electron chi connectivity index (χ3n) is 5.40. The number of hydrogen-bond donors (Lipinski definition) is 0. The predicted molar refractivity (Wildman–Crippen MR) is 115 cm³/mol. The van der Waals surface area contributed by atoms with E-state index >= 15 is 0 Å². The van der Waals surface area contributed by atoms with Crippen LogP contribution < -0.4 is 9.64 Å². The van der Waals surface area contributed by atoms with Gasteiger partial charge in [0.15, 0.2) is 0 Å². The molecule has 1 atom stereocenters. The zero-order chi connectivity index (χ0) is 21.1. The third kappa shape index (κ3) is 4.05. The van der Waals surface area contributed by atoms with Gasteiger partial charge in [0.05, 0.1) is 23.1 Å². The SMILES string of the molecule is CCOc1ccc(N2C(=O)CC(Sc3nc4c(cc3C#N)CCCCC4)C2=O)cc1. The number of thioether (sulfide) groups is 1. The first-order chi connectivity index (χ1) is 14.6. The number of aryl methyl sites for hydroxylation is 2. The van der Waals surface area contributed by atoms with Gasteiger partial charge in [-0.25, -0.2) is 9.88 Å². The summed E-state index contributed by atoms with van der Waals surface area (Å²) in [6.45, 7) is 2.45. The first-order valence-electron chi connectivity index (χ1n) is 10.3. The molecule has 0 bridgehead atoms. The van der Waals surface area contributed by atoms with E-state index in [9.17, 15) is 14.9 Å². The Hall–Kier alpha value is -2.85. The highest BCUT2D eigenvalue weighted by Crippen LogP contribution is 2.36. The molecule has 30 heavy (non-hydrogen) atoms. The predicted octanol–water partition coefficient (Wildman–Crippen LogP) is 4.05. The number of aromatic nitrogens is 1. The number of nitrogens with zero attached hydrogens (tertiary/aromatic N) is 3. The van der Waals surface area contributed by atoms with Crippen LogP contribution in [-0.4, -0.2) is 28.7 Å². The summed E-state index contributed by atoms with van der Waals surface area (Å²) in [6.07, 6.45) is 5.29. The van der Waals surface area contributed by atoms with Crippen molar-refractivity contribution >= 4 is 29.3 Å². The summed E-state index contributed by atoms with van der Waals surface area (Å²) in [5.74, 6) is 0.184. The lowest BCUT2D eigenvalue weighted by Crippen LogP contribution is -2.31. The molecular weight excluding hydrogens is 398 g/mol. The molecule has 2 amide bonds. The Bertz CT molecular complexity index is 1010. The normalized spacial score (nSPS) is 18.7. The van der Waals surface area contributed by atoms with Gasteiger partial charge >= 0.3 is 0 Å². The van der Waals surface area contributed by atoms with E-state index in [2.05, 4.69) is 6.07 Å². The highest BCUT2D eigenvalue weighted by atomic mass is 32.2. The fourth-order valence-corrected chi connectivity index (χ4v) is 5.02. The van der Waals surface area contributed by atoms with Gasteiger partial charge in [-0.3, -0.25) is 9.59 Å². The molecule has 2 heterocycles. The molecule has 154 valence electrons. The average molecular weight is 422 g/mol. The number of benzene rings is 1. The average Bonchev–Trinajstić information content (AvgIpc) is 2.90. The fraction of sp³-hybridized carbons (Fsp3) is 0.391. The lowest BCUT2D eigenvalue weighted by molar-refractivity contribution is -0.121. The Kier molecular flexibility index (Phi) is 6.05. The minimum Gasteiger partial charge on any atom is -0.494 e. The molecular formula is C23H23N3O3S. The van der Waals surface area contributed by atoms with Gasteiger partial charge in [-0.15, -0.1) is 0 Å². The van der Waals surface area contributed by atoms with E-state index in [1.807, 2.05) is 13.0 Å². The monoisotopic (exact) mass is 421 g/mol. The number of rotatable bonds is 5. The van der Waals surface area contributed by atoms with E-state index in [1.165, 1.54) is 16.7 Å². The van der Waals surface area contributed by atoms with Crippen LogP contribution in [0.1, 0.15) is 49.4 Å². The van der Waals surface area contributed by atoms with Crippen LogP contribution in [0.2, 0.25) is 0 Å². The maximum Gasteiger partial charge on any atom is 0.247 e. The van der Waals surface area contributed by atoms with E-state index in [0.29, 0.717) is 28.6 Å². The maximum atomic E-state index is 13.0. The van der Waals surface area contributed by atoms with Gasteiger partial charge in [-0.2, -0.15) is 5.26 Å². The largest absolute Gasteiger partial charge is 0.494 e. The van der Waals surface area contributed by atoms with Crippen molar-refractivity contribution in [2.75, 3.05) is 11.5 Å². The van der Waals surface area contributed by atoms with Crippen LogP contribution in [0.4, 0.5) is 5.69 Å². The second-order valence-electron chi connectivity index (χ2n) is 7.42. The first kappa shape index (κ1) is 20.4. The quantitative estimate of drug-likeness (QED) is 0.535. The van der Waals surface area contributed by atoms with E-state index in [4.69, 9.17) is 9.72 Å². The van der Waals surface area contributed by atoms with E-state index in [0.717, 1.165) is 43.4 Å². The van der Waals surface area contributed by atoms with Crippen LogP contribution in [0, 0.1) is 11.3 Å². The number of pyridine rings is 1. The fourth-order valence-electron chi connectivity index (χ4n) is 3.92. The number of amides is 2. The Balaban J connectivity index is 1.56. The van der Waals surface area contributed by atoms with Crippen LogP contribution in [0.5, 0.6) is 5.75 Å². The number of ether oxygens (including phenoxy) is 1.